The maximum atomic E-state index is 13.4. The number of nitrogens with one attached hydrogen (secondary N) is 2. The number of halogens is 2. The highest BCUT2D eigenvalue weighted by Crippen LogP contribution is 2.24. The Balaban J connectivity index is 2.19. The van der Waals surface area contributed by atoms with Gasteiger partial charge < -0.3 is 15.4 Å². The fourth-order valence-electron chi connectivity index (χ4n) is 2.04. The van der Waals surface area contributed by atoms with Crippen molar-refractivity contribution < 1.29 is 18.3 Å². The second kappa shape index (κ2) is 8.40. The van der Waals surface area contributed by atoms with Crippen molar-refractivity contribution in [2.75, 3.05) is 13.6 Å². The van der Waals surface area contributed by atoms with Gasteiger partial charge in [-0.05, 0) is 26.1 Å². The van der Waals surface area contributed by atoms with Gasteiger partial charge in [0.05, 0.1) is 0 Å². The molecule has 0 aliphatic heterocycles. The lowest BCUT2D eigenvalue weighted by atomic mass is 10.1. The van der Waals surface area contributed by atoms with Crippen LogP contribution in [0.5, 0.6) is 5.75 Å². The predicted octanol–water partition coefficient (Wildman–Crippen LogP) is 2.81. The predicted molar refractivity (Wildman–Crippen MR) is 87.7 cm³/mol. The van der Waals surface area contributed by atoms with E-state index in [0.29, 0.717) is 12.1 Å². The number of hydrogen-bond acceptors (Lipinski definition) is 3. The molecule has 2 rings (SSSR count). The maximum Gasteiger partial charge on any atom is 0.265 e. The Morgan fingerprint density at radius 2 is 1.83 bits per heavy atom. The van der Waals surface area contributed by atoms with Crippen molar-refractivity contribution in [3.8, 4) is 5.75 Å². The lowest BCUT2D eigenvalue weighted by Gasteiger charge is -2.20. The third-order valence-corrected chi connectivity index (χ3v) is 3.56. The van der Waals surface area contributed by atoms with Crippen LogP contribution in [0.3, 0.4) is 0 Å². The number of rotatable bonds is 7. The van der Waals surface area contributed by atoms with Crippen LogP contribution < -0.4 is 15.4 Å². The van der Waals surface area contributed by atoms with E-state index in [2.05, 4.69) is 10.6 Å². The standard InChI is InChI=1S/C18H20F2N2O2/c1-12(21-2)11-22-18(23)17(13-6-4-3-5-7-13)24-14-8-9-15(19)16(20)10-14/h3-10,12,17,21H,11H2,1-2H3,(H,22,23). The van der Waals surface area contributed by atoms with E-state index in [1.807, 2.05) is 13.0 Å². The van der Waals surface area contributed by atoms with E-state index in [1.54, 1.807) is 31.3 Å². The number of hydrogen-bond donors (Lipinski definition) is 2. The summed E-state index contributed by atoms with van der Waals surface area (Å²) in [6.45, 7) is 2.34. The van der Waals surface area contributed by atoms with Crippen LogP contribution in [-0.4, -0.2) is 25.5 Å². The van der Waals surface area contributed by atoms with E-state index in [1.165, 1.54) is 6.07 Å². The fourth-order valence-corrected chi connectivity index (χ4v) is 2.04. The summed E-state index contributed by atoms with van der Waals surface area (Å²) in [4.78, 5) is 12.5. The number of benzene rings is 2. The van der Waals surface area contributed by atoms with Crippen LogP contribution >= 0.6 is 0 Å². The van der Waals surface area contributed by atoms with Gasteiger partial charge in [-0.2, -0.15) is 0 Å². The van der Waals surface area contributed by atoms with Crippen molar-refractivity contribution in [1.29, 1.82) is 0 Å². The van der Waals surface area contributed by atoms with Crippen molar-refractivity contribution in [3.05, 3.63) is 65.7 Å². The van der Waals surface area contributed by atoms with Crippen LogP contribution in [0.1, 0.15) is 18.6 Å². The molecular formula is C18H20F2N2O2. The van der Waals surface area contributed by atoms with Gasteiger partial charge >= 0.3 is 0 Å². The zero-order valence-electron chi connectivity index (χ0n) is 13.6. The minimum Gasteiger partial charge on any atom is -0.476 e. The second-order valence-electron chi connectivity index (χ2n) is 5.42. The summed E-state index contributed by atoms with van der Waals surface area (Å²) in [5, 5.41) is 5.80. The van der Waals surface area contributed by atoms with Gasteiger partial charge in [0.1, 0.15) is 5.75 Å². The highest BCUT2D eigenvalue weighted by Gasteiger charge is 2.23. The molecule has 0 saturated heterocycles. The maximum absolute atomic E-state index is 13.4. The molecule has 4 nitrogen and oxygen atoms in total. The van der Waals surface area contributed by atoms with Crippen LogP contribution in [0.4, 0.5) is 8.78 Å². The normalized spacial score (nSPS) is 13.2. The summed E-state index contributed by atoms with van der Waals surface area (Å²) >= 11 is 0. The molecule has 1 amide bonds. The Kier molecular flexibility index (Phi) is 6.26. The molecule has 128 valence electrons. The molecule has 0 saturated carbocycles. The molecule has 2 unspecified atom stereocenters. The molecule has 2 aromatic carbocycles. The molecule has 2 aromatic rings. The number of ether oxygens (including phenoxy) is 1. The Bertz CT molecular complexity index is 680. The van der Waals surface area contributed by atoms with Crippen LogP contribution in [-0.2, 0) is 4.79 Å². The molecule has 0 spiro atoms. The number of amides is 1. The van der Waals surface area contributed by atoms with Gasteiger partial charge in [-0.25, -0.2) is 8.78 Å². The molecule has 0 heterocycles. The van der Waals surface area contributed by atoms with Crippen LogP contribution in [0.25, 0.3) is 0 Å². The average Bonchev–Trinajstić information content (AvgIpc) is 2.61. The van der Waals surface area contributed by atoms with Gasteiger partial charge in [-0.15, -0.1) is 0 Å². The summed E-state index contributed by atoms with van der Waals surface area (Å²) in [6, 6.07) is 12.1. The minimum atomic E-state index is -1.02. The molecular weight excluding hydrogens is 314 g/mol. The summed E-state index contributed by atoms with van der Waals surface area (Å²) in [5.74, 6) is -2.26. The van der Waals surface area contributed by atoms with E-state index in [0.717, 1.165) is 12.1 Å². The van der Waals surface area contributed by atoms with E-state index in [9.17, 15) is 13.6 Å². The third kappa shape index (κ3) is 4.76. The molecule has 0 fully saturated rings. The molecule has 2 N–H and O–H groups in total. The first kappa shape index (κ1) is 17.9. The zero-order valence-corrected chi connectivity index (χ0v) is 13.6. The summed E-state index contributed by atoms with van der Waals surface area (Å²) in [6.07, 6.45) is -0.958. The first-order chi connectivity index (χ1) is 11.5. The molecule has 0 aromatic heterocycles. The van der Waals surface area contributed by atoms with Crippen molar-refractivity contribution in [2.24, 2.45) is 0 Å². The monoisotopic (exact) mass is 334 g/mol. The smallest absolute Gasteiger partial charge is 0.265 e. The topological polar surface area (TPSA) is 50.4 Å². The molecule has 0 radical (unpaired) electrons. The highest BCUT2D eigenvalue weighted by atomic mass is 19.2. The Hall–Kier alpha value is -2.47. The molecule has 24 heavy (non-hydrogen) atoms. The molecule has 6 heteroatoms. The quantitative estimate of drug-likeness (QED) is 0.819. The van der Waals surface area contributed by atoms with Gasteiger partial charge in [-0.1, -0.05) is 30.3 Å². The summed E-state index contributed by atoms with van der Waals surface area (Å²) < 4.78 is 32.0. The minimum absolute atomic E-state index is 0.0829. The van der Waals surface area contributed by atoms with Gasteiger partial charge in [0.15, 0.2) is 11.6 Å². The highest BCUT2D eigenvalue weighted by molar-refractivity contribution is 5.82. The van der Waals surface area contributed by atoms with Gasteiger partial charge in [-0.3, -0.25) is 4.79 Å². The number of likely N-dealkylation sites (N-methyl/N-ethyl adjacent to an activating group) is 1. The Labute approximate surface area is 139 Å². The molecule has 0 aliphatic rings. The third-order valence-electron chi connectivity index (χ3n) is 3.56. The van der Waals surface area contributed by atoms with Crippen molar-refractivity contribution in [1.82, 2.24) is 10.6 Å². The Morgan fingerprint density at radius 3 is 2.46 bits per heavy atom. The van der Waals surface area contributed by atoms with Crippen LogP contribution in [0, 0.1) is 11.6 Å². The second-order valence-corrected chi connectivity index (χ2v) is 5.42. The molecule has 2 atom stereocenters. The van der Waals surface area contributed by atoms with Gasteiger partial charge in [0.2, 0.25) is 6.10 Å². The van der Waals surface area contributed by atoms with Crippen molar-refractivity contribution >= 4 is 5.91 Å². The van der Waals surface area contributed by atoms with E-state index < -0.39 is 17.7 Å². The largest absolute Gasteiger partial charge is 0.476 e. The van der Waals surface area contributed by atoms with E-state index in [4.69, 9.17) is 4.74 Å². The Morgan fingerprint density at radius 1 is 1.12 bits per heavy atom. The lowest BCUT2D eigenvalue weighted by Crippen LogP contribution is -2.40. The average molecular weight is 334 g/mol. The molecule has 0 bridgehead atoms. The molecule has 0 aliphatic carbocycles. The van der Waals surface area contributed by atoms with Crippen molar-refractivity contribution in [2.45, 2.75) is 19.1 Å². The van der Waals surface area contributed by atoms with E-state index >= 15 is 0 Å². The van der Waals surface area contributed by atoms with Crippen molar-refractivity contribution in [3.63, 3.8) is 0 Å². The van der Waals surface area contributed by atoms with E-state index in [-0.39, 0.29) is 17.7 Å². The SMILES string of the molecule is CNC(C)CNC(=O)C(Oc1ccc(F)c(F)c1)c1ccccc1. The lowest BCUT2D eigenvalue weighted by molar-refractivity contribution is -0.128. The first-order valence-corrected chi connectivity index (χ1v) is 7.63. The number of carbonyl (C=O) groups excluding carboxylic acids is 1. The zero-order chi connectivity index (χ0) is 17.5. The fraction of sp³-hybridized carbons (Fsp3) is 0.278. The summed E-state index contributed by atoms with van der Waals surface area (Å²) in [5.41, 5.74) is 0.622. The van der Waals surface area contributed by atoms with Gasteiger partial charge in [0, 0.05) is 24.2 Å². The number of carbonyl (C=O) groups is 1. The first-order valence-electron chi connectivity index (χ1n) is 7.63. The summed E-state index contributed by atoms with van der Waals surface area (Å²) in [7, 11) is 1.79. The van der Waals surface area contributed by atoms with Crippen LogP contribution in [0.15, 0.2) is 48.5 Å². The van der Waals surface area contributed by atoms with Crippen LogP contribution in [0.2, 0.25) is 0 Å². The van der Waals surface area contributed by atoms with Gasteiger partial charge in [0.25, 0.3) is 5.91 Å².